The van der Waals surface area contributed by atoms with E-state index in [2.05, 4.69) is 4.74 Å². The van der Waals surface area contributed by atoms with Crippen molar-refractivity contribution in [2.75, 3.05) is 6.61 Å². The van der Waals surface area contributed by atoms with Gasteiger partial charge in [0.25, 0.3) is 0 Å². The first-order valence-electron chi connectivity index (χ1n) is 3.26. The summed E-state index contributed by atoms with van der Waals surface area (Å²) in [4.78, 5) is 21.3. The first-order valence-corrected chi connectivity index (χ1v) is 3.26. The van der Waals surface area contributed by atoms with Crippen LogP contribution in [0.25, 0.3) is 0 Å². The van der Waals surface area contributed by atoms with E-state index in [0.29, 0.717) is 6.61 Å². The van der Waals surface area contributed by atoms with Crippen LogP contribution in [0.3, 0.4) is 0 Å². The largest absolute Gasteiger partial charge is 0.465 e. The van der Waals surface area contributed by atoms with Gasteiger partial charge in [-0.1, -0.05) is 0 Å². The predicted octanol–water partition coefficient (Wildman–Crippen LogP) is 0.772. The molecule has 11 heavy (non-hydrogen) atoms. The molecule has 0 bridgehead atoms. The topological polar surface area (TPSA) is 43.4 Å². The number of carbonyl (C=O) groups is 2. The molecule has 0 saturated heterocycles. The van der Waals surface area contributed by atoms with Crippen molar-refractivity contribution in [1.29, 1.82) is 0 Å². The Hall–Kier alpha value is 0.0231. The van der Waals surface area contributed by atoms with Crippen molar-refractivity contribution in [1.82, 2.24) is 0 Å². The average Bonchev–Trinajstić information content (AvgIpc) is 1.87. The maximum Gasteiger partial charge on any atom is 0.316 e. The fourth-order valence-corrected chi connectivity index (χ4v) is 0.433. The normalized spacial score (nSPS) is 11.2. The first kappa shape index (κ1) is 13.6. The van der Waals surface area contributed by atoms with Crippen LogP contribution in [0.2, 0.25) is 0 Å². The standard InChI is InChI=1S/C7H12O3.Zr/c1-4-10-7(9)5(2)6(3)8;/h5H,4H2,1-3H3;. The molecule has 0 aromatic heterocycles. The molecule has 0 heterocycles. The van der Waals surface area contributed by atoms with Crippen LogP contribution in [-0.4, -0.2) is 18.4 Å². The average molecular weight is 235 g/mol. The van der Waals surface area contributed by atoms with Gasteiger partial charge in [0.05, 0.1) is 6.61 Å². The minimum Gasteiger partial charge on any atom is -0.465 e. The molecule has 1 unspecified atom stereocenters. The van der Waals surface area contributed by atoms with Crippen LogP contribution in [0.1, 0.15) is 20.8 Å². The number of ether oxygens (including phenoxy) is 1. The summed E-state index contributed by atoms with van der Waals surface area (Å²) in [5.74, 6) is -1.20. The van der Waals surface area contributed by atoms with E-state index in [1.54, 1.807) is 13.8 Å². The third-order valence-corrected chi connectivity index (χ3v) is 1.25. The van der Waals surface area contributed by atoms with Crippen molar-refractivity contribution in [2.24, 2.45) is 5.92 Å². The summed E-state index contributed by atoms with van der Waals surface area (Å²) < 4.78 is 4.61. The molecule has 0 amide bonds. The van der Waals surface area contributed by atoms with Gasteiger partial charge in [0.2, 0.25) is 0 Å². The van der Waals surface area contributed by atoms with Crippen LogP contribution in [0.4, 0.5) is 0 Å². The smallest absolute Gasteiger partial charge is 0.316 e. The van der Waals surface area contributed by atoms with E-state index in [1.165, 1.54) is 6.92 Å². The minimum atomic E-state index is -0.611. The molecule has 3 nitrogen and oxygen atoms in total. The molecular weight excluding hydrogens is 223 g/mol. The Labute approximate surface area is 85.6 Å². The molecule has 0 aromatic carbocycles. The van der Waals surface area contributed by atoms with Gasteiger partial charge >= 0.3 is 5.97 Å². The predicted molar refractivity (Wildman–Crippen MR) is 36.5 cm³/mol. The maximum atomic E-state index is 10.7. The van der Waals surface area contributed by atoms with Gasteiger partial charge in [-0.15, -0.1) is 0 Å². The van der Waals surface area contributed by atoms with E-state index in [0.717, 1.165) is 0 Å². The number of rotatable bonds is 3. The molecule has 0 radical (unpaired) electrons. The summed E-state index contributed by atoms with van der Waals surface area (Å²) in [7, 11) is 0. The van der Waals surface area contributed by atoms with Crippen LogP contribution >= 0.6 is 0 Å². The molecule has 0 fully saturated rings. The number of hydrogen-bond donors (Lipinski definition) is 0. The SMILES string of the molecule is CCOC(=O)C(C)C(C)=O.[Zr]. The molecule has 1 atom stereocenters. The Morgan fingerprint density at radius 2 is 1.91 bits per heavy atom. The van der Waals surface area contributed by atoms with Crippen molar-refractivity contribution in [3.8, 4) is 0 Å². The zero-order valence-electron chi connectivity index (χ0n) is 7.01. The quantitative estimate of drug-likeness (QED) is 0.536. The number of carbonyl (C=O) groups excluding carboxylic acids is 2. The fraction of sp³-hybridized carbons (Fsp3) is 0.714. The van der Waals surface area contributed by atoms with Crippen LogP contribution < -0.4 is 0 Å². The Morgan fingerprint density at radius 3 is 2.18 bits per heavy atom. The van der Waals surface area contributed by atoms with E-state index in [9.17, 15) is 9.59 Å². The molecule has 0 aliphatic carbocycles. The van der Waals surface area contributed by atoms with Gasteiger partial charge < -0.3 is 4.74 Å². The van der Waals surface area contributed by atoms with Crippen molar-refractivity contribution >= 4 is 11.8 Å². The van der Waals surface area contributed by atoms with E-state index in [1.807, 2.05) is 0 Å². The van der Waals surface area contributed by atoms with Crippen LogP contribution in [0.5, 0.6) is 0 Å². The molecule has 0 N–H and O–H groups in total. The van der Waals surface area contributed by atoms with Crippen LogP contribution in [-0.2, 0) is 40.5 Å². The Bertz CT molecular complexity index is 145. The second-order valence-electron chi connectivity index (χ2n) is 2.08. The summed E-state index contributed by atoms with van der Waals surface area (Å²) >= 11 is 0. The van der Waals surface area contributed by atoms with Crippen molar-refractivity contribution in [3.63, 3.8) is 0 Å². The third kappa shape index (κ3) is 5.31. The van der Waals surface area contributed by atoms with Gasteiger partial charge in [0.1, 0.15) is 11.7 Å². The third-order valence-electron chi connectivity index (χ3n) is 1.25. The Morgan fingerprint density at radius 1 is 1.45 bits per heavy atom. The van der Waals surface area contributed by atoms with E-state index in [4.69, 9.17) is 0 Å². The number of hydrogen-bond acceptors (Lipinski definition) is 3. The Kier molecular flexibility index (Phi) is 8.30. The van der Waals surface area contributed by atoms with Crippen molar-refractivity contribution in [2.45, 2.75) is 20.8 Å². The van der Waals surface area contributed by atoms with E-state index < -0.39 is 11.9 Å². The molecule has 0 aliphatic heterocycles. The molecule has 0 saturated carbocycles. The molecule has 0 aliphatic rings. The number of ketones is 1. The second kappa shape index (κ2) is 6.72. The summed E-state index contributed by atoms with van der Waals surface area (Å²) in [6.45, 7) is 4.96. The maximum absolute atomic E-state index is 10.7. The molecule has 0 rings (SSSR count). The molecule has 4 heteroatoms. The Balaban J connectivity index is 0. The number of Topliss-reactive ketones (excluding diaryl/α,β-unsaturated/α-hetero) is 1. The fourth-order valence-electron chi connectivity index (χ4n) is 0.433. The molecule has 62 valence electrons. The second-order valence-corrected chi connectivity index (χ2v) is 2.08. The van der Waals surface area contributed by atoms with Gasteiger partial charge in [-0.2, -0.15) is 0 Å². The van der Waals surface area contributed by atoms with Gasteiger partial charge in [-0.05, 0) is 20.8 Å². The molecule has 0 spiro atoms. The summed E-state index contributed by atoms with van der Waals surface area (Å²) in [5, 5.41) is 0. The molecule has 0 aromatic rings. The zero-order chi connectivity index (χ0) is 8.15. The van der Waals surface area contributed by atoms with Gasteiger partial charge in [0, 0.05) is 26.2 Å². The molecular formula is C7H12O3Zr. The minimum absolute atomic E-state index is 0. The van der Waals surface area contributed by atoms with Crippen molar-refractivity contribution in [3.05, 3.63) is 0 Å². The van der Waals surface area contributed by atoms with Gasteiger partial charge in [-0.25, -0.2) is 0 Å². The van der Waals surface area contributed by atoms with Gasteiger partial charge in [-0.3, -0.25) is 9.59 Å². The summed E-state index contributed by atoms with van der Waals surface area (Å²) in [5.41, 5.74) is 0. The number of esters is 1. The van der Waals surface area contributed by atoms with Crippen molar-refractivity contribution < 1.29 is 40.5 Å². The first-order chi connectivity index (χ1) is 4.59. The van der Waals surface area contributed by atoms with Crippen LogP contribution in [0, 0.1) is 5.92 Å². The monoisotopic (exact) mass is 234 g/mol. The summed E-state index contributed by atoms with van der Waals surface area (Å²) in [6, 6.07) is 0. The van der Waals surface area contributed by atoms with E-state index >= 15 is 0 Å². The van der Waals surface area contributed by atoms with Gasteiger partial charge in [0.15, 0.2) is 0 Å². The summed E-state index contributed by atoms with van der Waals surface area (Å²) in [6.07, 6.45) is 0. The van der Waals surface area contributed by atoms with Crippen LogP contribution in [0.15, 0.2) is 0 Å². The zero-order valence-corrected chi connectivity index (χ0v) is 9.47. The van der Waals surface area contributed by atoms with E-state index in [-0.39, 0.29) is 32.0 Å².